The van der Waals surface area contributed by atoms with E-state index in [9.17, 15) is 4.79 Å². The van der Waals surface area contributed by atoms with Gasteiger partial charge in [-0.3, -0.25) is 0 Å². The van der Waals surface area contributed by atoms with Crippen LogP contribution in [0.1, 0.15) is 44.0 Å². The summed E-state index contributed by atoms with van der Waals surface area (Å²) in [6, 6.07) is 5.00. The highest BCUT2D eigenvalue weighted by atomic mass is 16.5. The molecule has 4 nitrogen and oxygen atoms in total. The van der Waals surface area contributed by atoms with Crippen LogP contribution in [0.3, 0.4) is 0 Å². The zero-order valence-electron chi connectivity index (χ0n) is 11.9. The first kappa shape index (κ1) is 15.3. The summed E-state index contributed by atoms with van der Waals surface area (Å²) in [4.78, 5) is 11.7. The Bertz CT molecular complexity index is 416. The van der Waals surface area contributed by atoms with Crippen molar-refractivity contribution in [2.75, 3.05) is 18.9 Å². The molecular formula is C15H23NO3. The van der Waals surface area contributed by atoms with Crippen LogP contribution in [0, 0.1) is 5.92 Å². The summed E-state index contributed by atoms with van der Waals surface area (Å²) in [6.45, 7) is 7.28. The molecule has 1 rings (SSSR count). The normalized spacial score (nSPS) is 10.5. The maximum atomic E-state index is 11.7. The number of benzene rings is 1. The van der Waals surface area contributed by atoms with E-state index in [1.165, 1.54) is 0 Å². The van der Waals surface area contributed by atoms with Crippen molar-refractivity contribution in [2.24, 2.45) is 5.92 Å². The highest BCUT2D eigenvalue weighted by Crippen LogP contribution is 2.23. The van der Waals surface area contributed by atoms with E-state index in [0.29, 0.717) is 36.1 Å². The number of nitrogens with two attached hydrogens (primary N) is 1. The third-order valence-electron chi connectivity index (χ3n) is 2.64. The number of nitrogen functional groups attached to an aromatic ring is 1. The number of carbonyl (C=O) groups is 1. The maximum absolute atomic E-state index is 11.7. The van der Waals surface area contributed by atoms with Gasteiger partial charge in [0.15, 0.2) is 0 Å². The highest BCUT2D eigenvalue weighted by Gasteiger charge is 2.10. The molecule has 0 aliphatic rings. The molecule has 0 amide bonds. The zero-order valence-corrected chi connectivity index (χ0v) is 11.9. The van der Waals surface area contributed by atoms with Crippen molar-refractivity contribution in [1.29, 1.82) is 0 Å². The fourth-order valence-corrected chi connectivity index (χ4v) is 1.49. The second kappa shape index (κ2) is 7.67. The van der Waals surface area contributed by atoms with Gasteiger partial charge < -0.3 is 15.2 Å². The summed E-state index contributed by atoms with van der Waals surface area (Å²) in [5.41, 5.74) is 6.80. The van der Waals surface area contributed by atoms with E-state index in [0.717, 1.165) is 12.8 Å². The van der Waals surface area contributed by atoms with E-state index in [1.54, 1.807) is 18.2 Å². The molecule has 0 saturated carbocycles. The summed E-state index contributed by atoms with van der Waals surface area (Å²) >= 11 is 0. The zero-order chi connectivity index (χ0) is 14.3. The predicted molar refractivity (Wildman–Crippen MR) is 76.4 cm³/mol. The minimum absolute atomic E-state index is 0.345. The molecule has 0 aliphatic heterocycles. The van der Waals surface area contributed by atoms with Gasteiger partial charge in [0.05, 0.1) is 24.5 Å². The molecular weight excluding hydrogens is 242 g/mol. The van der Waals surface area contributed by atoms with Gasteiger partial charge in [0, 0.05) is 0 Å². The molecule has 19 heavy (non-hydrogen) atoms. The topological polar surface area (TPSA) is 61.5 Å². The Labute approximate surface area is 114 Å². The molecule has 0 atom stereocenters. The fraction of sp³-hybridized carbons (Fsp3) is 0.533. The number of ether oxygens (including phenoxy) is 2. The van der Waals surface area contributed by atoms with Gasteiger partial charge in [-0.05, 0) is 37.0 Å². The number of hydrogen-bond acceptors (Lipinski definition) is 4. The van der Waals surface area contributed by atoms with Crippen molar-refractivity contribution >= 4 is 11.7 Å². The second-order valence-electron chi connectivity index (χ2n) is 4.92. The lowest BCUT2D eigenvalue weighted by atomic mass is 10.1. The first-order valence-electron chi connectivity index (χ1n) is 6.74. The van der Waals surface area contributed by atoms with Gasteiger partial charge in [-0.2, -0.15) is 0 Å². The molecule has 0 radical (unpaired) electrons. The third kappa shape index (κ3) is 5.20. The third-order valence-corrected chi connectivity index (χ3v) is 2.64. The van der Waals surface area contributed by atoms with Crippen LogP contribution in [0.5, 0.6) is 5.75 Å². The Morgan fingerprint density at radius 3 is 2.63 bits per heavy atom. The maximum Gasteiger partial charge on any atom is 0.338 e. The largest absolute Gasteiger partial charge is 0.491 e. The van der Waals surface area contributed by atoms with E-state index in [4.69, 9.17) is 15.2 Å². The highest BCUT2D eigenvalue weighted by molar-refractivity contribution is 5.91. The van der Waals surface area contributed by atoms with Crippen LogP contribution in [-0.2, 0) is 4.74 Å². The van der Waals surface area contributed by atoms with Crippen LogP contribution in [0.2, 0.25) is 0 Å². The lowest BCUT2D eigenvalue weighted by Crippen LogP contribution is -2.08. The van der Waals surface area contributed by atoms with E-state index < -0.39 is 0 Å². The van der Waals surface area contributed by atoms with Crippen LogP contribution in [-0.4, -0.2) is 19.2 Å². The Kier molecular flexibility index (Phi) is 6.19. The SMILES string of the molecule is CCCOC(=O)c1ccc(OCCC(C)C)c(N)c1. The van der Waals surface area contributed by atoms with Crippen molar-refractivity contribution in [3.05, 3.63) is 23.8 Å². The number of carbonyl (C=O) groups excluding carboxylic acids is 1. The monoisotopic (exact) mass is 265 g/mol. The first-order valence-corrected chi connectivity index (χ1v) is 6.74. The molecule has 0 saturated heterocycles. The Morgan fingerprint density at radius 2 is 2.05 bits per heavy atom. The molecule has 0 aliphatic carbocycles. The van der Waals surface area contributed by atoms with Crippen LogP contribution in [0.15, 0.2) is 18.2 Å². The average molecular weight is 265 g/mol. The van der Waals surface area contributed by atoms with Gasteiger partial charge >= 0.3 is 5.97 Å². The first-order chi connectivity index (χ1) is 9.04. The number of anilines is 1. The van der Waals surface area contributed by atoms with E-state index in [1.807, 2.05) is 6.92 Å². The molecule has 1 aromatic rings. The molecule has 0 bridgehead atoms. The molecule has 1 aromatic carbocycles. The van der Waals surface area contributed by atoms with Crippen LogP contribution in [0.4, 0.5) is 5.69 Å². The Balaban J connectivity index is 2.61. The standard InChI is InChI=1S/C15H23NO3/c1-4-8-19-15(17)12-5-6-14(13(16)10-12)18-9-7-11(2)3/h5-6,10-11H,4,7-9,16H2,1-3H3. The number of esters is 1. The van der Waals surface area contributed by atoms with Gasteiger partial charge in [-0.1, -0.05) is 20.8 Å². The number of hydrogen-bond donors (Lipinski definition) is 1. The van der Waals surface area contributed by atoms with Gasteiger partial charge in [-0.25, -0.2) is 4.79 Å². The smallest absolute Gasteiger partial charge is 0.338 e. The minimum atomic E-state index is -0.345. The molecule has 0 unspecified atom stereocenters. The molecule has 0 fully saturated rings. The molecule has 0 spiro atoms. The fourth-order valence-electron chi connectivity index (χ4n) is 1.49. The lowest BCUT2D eigenvalue weighted by Gasteiger charge is -2.11. The predicted octanol–water partition coefficient (Wildman–Crippen LogP) is 3.26. The van der Waals surface area contributed by atoms with Crippen molar-refractivity contribution in [2.45, 2.75) is 33.6 Å². The van der Waals surface area contributed by atoms with Crippen molar-refractivity contribution < 1.29 is 14.3 Å². The minimum Gasteiger partial charge on any atom is -0.491 e. The van der Waals surface area contributed by atoms with Gasteiger partial charge in [0.2, 0.25) is 0 Å². The van der Waals surface area contributed by atoms with E-state index in [2.05, 4.69) is 13.8 Å². The van der Waals surface area contributed by atoms with E-state index in [-0.39, 0.29) is 5.97 Å². The van der Waals surface area contributed by atoms with Crippen molar-refractivity contribution in [3.63, 3.8) is 0 Å². The summed E-state index contributed by atoms with van der Waals surface area (Å²) in [6.07, 6.45) is 1.78. The molecule has 0 aromatic heterocycles. The summed E-state index contributed by atoms with van der Waals surface area (Å²) < 4.78 is 10.6. The van der Waals surface area contributed by atoms with E-state index >= 15 is 0 Å². The molecule has 106 valence electrons. The van der Waals surface area contributed by atoms with Crippen molar-refractivity contribution in [1.82, 2.24) is 0 Å². The van der Waals surface area contributed by atoms with Crippen LogP contribution < -0.4 is 10.5 Å². The second-order valence-corrected chi connectivity index (χ2v) is 4.92. The summed E-state index contributed by atoms with van der Waals surface area (Å²) in [7, 11) is 0. The number of rotatable bonds is 7. The van der Waals surface area contributed by atoms with Gasteiger partial charge in [0.1, 0.15) is 5.75 Å². The van der Waals surface area contributed by atoms with Gasteiger partial charge in [-0.15, -0.1) is 0 Å². The Hall–Kier alpha value is -1.71. The average Bonchev–Trinajstić information content (AvgIpc) is 2.37. The molecule has 0 heterocycles. The Morgan fingerprint density at radius 1 is 1.32 bits per heavy atom. The lowest BCUT2D eigenvalue weighted by molar-refractivity contribution is 0.0505. The van der Waals surface area contributed by atoms with Gasteiger partial charge in [0.25, 0.3) is 0 Å². The molecule has 4 heteroatoms. The quantitative estimate of drug-likeness (QED) is 0.607. The van der Waals surface area contributed by atoms with Crippen LogP contribution in [0.25, 0.3) is 0 Å². The summed E-state index contributed by atoms with van der Waals surface area (Å²) in [5.74, 6) is 0.861. The molecule has 2 N–H and O–H groups in total. The summed E-state index contributed by atoms with van der Waals surface area (Å²) in [5, 5.41) is 0. The van der Waals surface area contributed by atoms with Crippen LogP contribution >= 0.6 is 0 Å². The van der Waals surface area contributed by atoms with Crippen molar-refractivity contribution in [3.8, 4) is 5.75 Å².